The Labute approximate surface area is 77.8 Å². The van der Waals surface area contributed by atoms with E-state index in [-0.39, 0.29) is 0 Å². The fourth-order valence-electron chi connectivity index (χ4n) is 7.29. The standard InChI is InChI=1S/C12H14O/c1-4-5-2-7-8(4)10-6(1)9(5)11(7)12(10)3-13-12/h4-11H,1-3H2/t4-,5+,6-,7+,8+,9-,10+,11-,12?. The maximum atomic E-state index is 5.92. The normalized spacial score (nSPS) is 88.6. The molecule has 1 heterocycles. The van der Waals surface area contributed by atoms with E-state index in [1.54, 1.807) is 12.8 Å². The van der Waals surface area contributed by atoms with Crippen LogP contribution in [-0.4, -0.2) is 12.2 Å². The molecule has 1 heteroatoms. The van der Waals surface area contributed by atoms with E-state index < -0.39 is 0 Å². The van der Waals surface area contributed by atoms with Crippen LogP contribution in [-0.2, 0) is 4.74 Å². The molecule has 6 aliphatic carbocycles. The molecule has 7 rings (SSSR count). The van der Waals surface area contributed by atoms with Crippen LogP contribution >= 0.6 is 0 Å². The Bertz CT molecular complexity index is 315. The zero-order valence-electron chi connectivity index (χ0n) is 7.65. The van der Waals surface area contributed by atoms with E-state index in [0.717, 1.165) is 42.1 Å². The lowest BCUT2D eigenvalue weighted by Crippen LogP contribution is -2.30. The van der Waals surface area contributed by atoms with Crippen LogP contribution in [0.2, 0.25) is 0 Å². The maximum Gasteiger partial charge on any atom is 0.0983 e. The lowest BCUT2D eigenvalue weighted by molar-refractivity contribution is 0.132. The average Bonchev–Trinajstić information content (AvgIpc) is 2.43. The molecule has 0 aromatic carbocycles. The molecule has 0 amide bonds. The Kier molecular flexibility index (Phi) is 0.551. The van der Waals surface area contributed by atoms with Crippen molar-refractivity contribution in [3.8, 4) is 0 Å². The summed E-state index contributed by atoms with van der Waals surface area (Å²) in [6.45, 7) is 1.15. The van der Waals surface area contributed by atoms with Gasteiger partial charge in [0, 0.05) is 0 Å². The van der Waals surface area contributed by atoms with Gasteiger partial charge in [-0.3, -0.25) is 0 Å². The molecule has 13 heavy (non-hydrogen) atoms. The highest BCUT2D eigenvalue weighted by molar-refractivity contribution is 5.35. The summed E-state index contributed by atoms with van der Waals surface area (Å²) in [6, 6.07) is 0. The molecule has 7 fully saturated rings. The van der Waals surface area contributed by atoms with Gasteiger partial charge in [0.05, 0.1) is 12.2 Å². The van der Waals surface area contributed by atoms with Gasteiger partial charge < -0.3 is 4.74 Å². The molecule has 0 N–H and O–H groups in total. The van der Waals surface area contributed by atoms with Gasteiger partial charge in [-0.15, -0.1) is 0 Å². The van der Waals surface area contributed by atoms with Crippen LogP contribution < -0.4 is 0 Å². The predicted molar refractivity (Wildman–Crippen MR) is 45.8 cm³/mol. The van der Waals surface area contributed by atoms with Crippen molar-refractivity contribution in [2.45, 2.75) is 18.4 Å². The third-order valence-corrected chi connectivity index (χ3v) is 6.97. The van der Waals surface area contributed by atoms with E-state index in [2.05, 4.69) is 0 Å². The fraction of sp³-hybridized carbons (Fsp3) is 1.00. The molecule has 1 nitrogen and oxygen atoms in total. The molecule has 0 aromatic heterocycles. The van der Waals surface area contributed by atoms with Gasteiger partial charge in [-0.1, -0.05) is 0 Å². The van der Waals surface area contributed by atoms with Gasteiger partial charge in [0.2, 0.25) is 0 Å². The van der Waals surface area contributed by atoms with Crippen molar-refractivity contribution in [1.29, 1.82) is 0 Å². The first-order valence-corrected chi connectivity index (χ1v) is 6.06. The molecule has 9 atom stereocenters. The second kappa shape index (κ2) is 1.25. The number of hydrogen-bond donors (Lipinski definition) is 0. The average molecular weight is 174 g/mol. The monoisotopic (exact) mass is 174 g/mol. The highest BCUT2D eigenvalue weighted by atomic mass is 16.6. The molecule has 0 radical (unpaired) electrons. The van der Waals surface area contributed by atoms with E-state index >= 15 is 0 Å². The summed E-state index contributed by atoms with van der Waals surface area (Å²) in [7, 11) is 0. The van der Waals surface area contributed by atoms with Crippen LogP contribution in [0.15, 0.2) is 0 Å². The zero-order chi connectivity index (χ0) is 7.95. The molecular formula is C12H14O. The molecular weight excluding hydrogens is 160 g/mol. The lowest BCUT2D eigenvalue weighted by Gasteiger charge is -2.33. The van der Waals surface area contributed by atoms with Gasteiger partial charge >= 0.3 is 0 Å². The van der Waals surface area contributed by atoms with Crippen molar-refractivity contribution in [2.75, 3.05) is 6.61 Å². The Hall–Kier alpha value is -0.0400. The van der Waals surface area contributed by atoms with Crippen LogP contribution in [0.4, 0.5) is 0 Å². The predicted octanol–water partition coefficient (Wildman–Crippen LogP) is 1.53. The summed E-state index contributed by atoms with van der Waals surface area (Å²) in [5.74, 6) is 9.11. The van der Waals surface area contributed by atoms with Crippen LogP contribution in [0.25, 0.3) is 0 Å². The Morgan fingerprint density at radius 1 is 0.846 bits per heavy atom. The minimum absolute atomic E-state index is 0.505. The topological polar surface area (TPSA) is 12.5 Å². The molecule has 1 saturated heterocycles. The van der Waals surface area contributed by atoms with Crippen molar-refractivity contribution < 1.29 is 4.74 Å². The minimum atomic E-state index is 0.505. The molecule has 6 bridgehead atoms. The SMILES string of the molecule is C1[C@@H]2[C@@H]3C[C@H]4[C@H]2[C@@H]2[C@H]1[C@@H]3[C@@H]4C21CO1. The Balaban J connectivity index is 1.78. The zero-order valence-corrected chi connectivity index (χ0v) is 7.65. The first kappa shape index (κ1) is 5.75. The van der Waals surface area contributed by atoms with E-state index in [1.165, 1.54) is 11.8 Å². The first-order chi connectivity index (χ1) is 6.42. The number of hydrogen-bond acceptors (Lipinski definition) is 1. The third-order valence-electron chi connectivity index (χ3n) is 6.97. The van der Waals surface area contributed by atoms with Crippen LogP contribution in [0.3, 0.4) is 0 Å². The van der Waals surface area contributed by atoms with Crippen LogP contribution in [0.5, 0.6) is 0 Å². The molecule has 7 aliphatic rings. The van der Waals surface area contributed by atoms with Crippen LogP contribution in [0, 0.1) is 47.3 Å². The van der Waals surface area contributed by atoms with Crippen molar-refractivity contribution in [3.05, 3.63) is 0 Å². The van der Waals surface area contributed by atoms with Gasteiger partial charge in [-0.05, 0) is 60.2 Å². The van der Waals surface area contributed by atoms with Gasteiger partial charge in [0.1, 0.15) is 0 Å². The smallest absolute Gasteiger partial charge is 0.0983 e. The fourth-order valence-corrected chi connectivity index (χ4v) is 7.29. The number of epoxide rings is 1. The maximum absolute atomic E-state index is 5.92. The van der Waals surface area contributed by atoms with Gasteiger partial charge in [-0.25, -0.2) is 0 Å². The summed E-state index contributed by atoms with van der Waals surface area (Å²) in [5.41, 5.74) is 0.505. The summed E-state index contributed by atoms with van der Waals surface area (Å²) in [5, 5.41) is 0. The first-order valence-electron chi connectivity index (χ1n) is 6.06. The lowest BCUT2D eigenvalue weighted by atomic mass is 9.71. The summed E-state index contributed by atoms with van der Waals surface area (Å²) in [4.78, 5) is 0. The van der Waals surface area contributed by atoms with Crippen LogP contribution in [0.1, 0.15) is 12.8 Å². The second-order valence-corrected chi connectivity index (χ2v) is 6.58. The third kappa shape index (κ3) is 0.319. The second-order valence-electron chi connectivity index (χ2n) is 6.58. The molecule has 1 unspecified atom stereocenters. The number of rotatable bonds is 0. The minimum Gasteiger partial charge on any atom is -0.369 e. The Morgan fingerprint density at radius 3 is 1.85 bits per heavy atom. The van der Waals surface area contributed by atoms with E-state index in [1.807, 2.05) is 0 Å². The summed E-state index contributed by atoms with van der Waals surface area (Å²) < 4.78 is 5.92. The molecule has 68 valence electrons. The molecule has 0 aromatic rings. The van der Waals surface area contributed by atoms with Gasteiger partial charge in [0.25, 0.3) is 0 Å². The molecule has 1 aliphatic heterocycles. The van der Waals surface area contributed by atoms with E-state index in [4.69, 9.17) is 4.74 Å². The van der Waals surface area contributed by atoms with Crippen molar-refractivity contribution in [3.63, 3.8) is 0 Å². The van der Waals surface area contributed by atoms with Crippen molar-refractivity contribution in [1.82, 2.24) is 0 Å². The van der Waals surface area contributed by atoms with E-state index in [0.29, 0.717) is 5.60 Å². The highest BCUT2D eigenvalue weighted by Crippen LogP contribution is 2.87. The summed E-state index contributed by atoms with van der Waals surface area (Å²) in [6.07, 6.45) is 3.23. The van der Waals surface area contributed by atoms with Gasteiger partial charge in [-0.2, -0.15) is 0 Å². The van der Waals surface area contributed by atoms with Gasteiger partial charge in [0.15, 0.2) is 0 Å². The number of ether oxygens (including phenoxy) is 1. The Morgan fingerprint density at radius 2 is 1.38 bits per heavy atom. The quantitative estimate of drug-likeness (QED) is 0.507. The molecule has 1 spiro atoms. The van der Waals surface area contributed by atoms with Crippen molar-refractivity contribution in [2.24, 2.45) is 47.3 Å². The van der Waals surface area contributed by atoms with E-state index in [9.17, 15) is 0 Å². The van der Waals surface area contributed by atoms with Crippen molar-refractivity contribution >= 4 is 0 Å². The largest absolute Gasteiger partial charge is 0.369 e. The summed E-state index contributed by atoms with van der Waals surface area (Å²) >= 11 is 0. The molecule has 6 saturated carbocycles. The highest BCUT2D eigenvalue weighted by Gasteiger charge is 2.88.